The van der Waals surface area contributed by atoms with Crippen LogP contribution < -0.4 is 10.1 Å². The SMILES string of the molecule is O=C(CCOc1ccc(Br)cc1)NC(CO)CO. The number of hydrogen-bond acceptors (Lipinski definition) is 4. The molecule has 1 amide bonds. The van der Waals surface area contributed by atoms with Gasteiger partial charge >= 0.3 is 0 Å². The normalized spacial score (nSPS) is 10.4. The zero-order valence-electron chi connectivity index (χ0n) is 9.80. The molecule has 0 aliphatic rings. The van der Waals surface area contributed by atoms with E-state index >= 15 is 0 Å². The van der Waals surface area contributed by atoms with Crippen LogP contribution in [0, 0.1) is 0 Å². The lowest BCUT2D eigenvalue weighted by molar-refractivity contribution is -0.122. The first-order chi connectivity index (χ1) is 8.65. The average molecular weight is 318 g/mol. The minimum Gasteiger partial charge on any atom is -0.493 e. The fourth-order valence-electron chi connectivity index (χ4n) is 1.24. The molecule has 0 aromatic heterocycles. The van der Waals surface area contributed by atoms with Crippen LogP contribution in [0.25, 0.3) is 0 Å². The maximum Gasteiger partial charge on any atom is 0.223 e. The Morgan fingerprint density at radius 3 is 2.44 bits per heavy atom. The number of ether oxygens (including phenoxy) is 1. The van der Waals surface area contributed by atoms with E-state index in [1.54, 1.807) is 12.1 Å². The summed E-state index contributed by atoms with van der Waals surface area (Å²) in [6, 6.07) is 6.69. The van der Waals surface area contributed by atoms with Crippen LogP contribution in [0.1, 0.15) is 6.42 Å². The van der Waals surface area contributed by atoms with E-state index in [0.29, 0.717) is 5.75 Å². The van der Waals surface area contributed by atoms with Crippen LogP contribution in [0.3, 0.4) is 0 Å². The van der Waals surface area contributed by atoms with E-state index in [1.165, 1.54) is 0 Å². The molecule has 3 N–H and O–H groups in total. The van der Waals surface area contributed by atoms with Gasteiger partial charge in [0.2, 0.25) is 5.91 Å². The second-order valence-electron chi connectivity index (χ2n) is 3.68. The first-order valence-corrected chi connectivity index (χ1v) is 6.34. The highest BCUT2D eigenvalue weighted by atomic mass is 79.9. The van der Waals surface area contributed by atoms with Gasteiger partial charge in [0.1, 0.15) is 5.75 Å². The van der Waals surface area contributed by atoms with Crippen LogP contribution in [0.4, 0.5) is 0 Å². The summed E-state index contributed by atoms with van der Waals surface area (Å²) in [5.74, 6) is 0.423. The summed E-state index contributed by atoms with van der Waals surface area (Å²) in [4.78, 5) is 11.4. The Labute approximate surface area is 114 Å². The molecule has 0 saturated carbocycles. The van der Waals surface area contributed by atoms with Gasteiger partial charge < -0.3 is 20.3 Å². The molecule has 1 aromatic carbocycles. The van der Waals surface area contributed by atoms with E-state index in [2.05, 4.69) is 21.2 Å². The number of rotatable bonds is 7. The topological polar surface area (TPSA) is 78.8 Å². The van der Waals surface area contributed by atoms with E-state index in [-0.39, 0.29) is 32.1 Å². The van der Waals surface area contributed by atoms with E-state index in [1.807, 2.05) is 12.1 Å². The number of halogens is 1. The maximum atomic E-state index is 11.4. The van der Waals surface area contributed by atoms with Crippen LogP contribution in [-0.4, -0.2) is 42.0 Å². The first-order valence-electron chi connectivity index (χ1n) is 5.55. The molecule has 0 spiro atoms. The first kappa shape index (κ1) is 14.9. The molecule has 0 fully saturated rings. The number of carbonyl (C=O) groups excluding carboxylic acids is 1. The number of nitrogens with one attached hydrogen (secondary N) is 1. The Balaban J connectivity index is 2.25. The third-order valence-electron chi connectivity index (χ3n) is 2.22. The Kier molecular flexibility index (Phi) is 6.70. The van der Waals surface area contributed by atoms with Gasteiger partial charge in [0.25, 0.3) is 0 Å². The Morgan fingerprint density at radius 2 is 1.89 bits per heavy atom. The van der Waals surface area contributed by atoms with Gasteiger partial charge in [0.15, 0.2) is 0 Å². The highest BCUT2D eigenvalue weighted by Crippen LogP contribution is 2.16. The van der Waals surface area contributed by atoms with Crippen molar-refractivity contribution in [2.75, 3.05) is 19.8 Å². The summed E-state index contributed by atoms with van der Waals surface area (Å²) in [6.07, 6.45) is 0.173. The maximum absolute atomic E-state index is 11.4. The summed E-state index contributed by atoms with van der Waals surface area (Å²) < 4.78 is 6.33. The highest BCUT2D eigenvalue weighted by molar-refractivity contribution is 9.10. The van der Waals surface area contributed by atoms with Crippen molar-refractivity contribution in [2.24, 2.45) is 0 Å². The number of aliphatic hydroxyl groups excluding tert-OH is 2. The van der Waals surface area contributed by atoms with Crippen molar-refractivity contribution in [3.05, 3.63) is 28.7 Å². The fourth-order valence-corrected chi connectivity index (χ4v) is 1.51. The second kappa shape index (κ2) is 8.07. The molecule has 0 aliphatic heterocycles. The van der Waals surface area contributed by atoms with Gasteiger partial charge in [-0.2, -0.15) is 0 Å². The van der Waals surface area contributed by atoms with E-state index < -0.39 is 6.04 Å². The Morgan fingerprint density at radius 1 is 1.28 bits per heavy atom. The highest BCUT2D eigenvalue weighted by Gasteiger charge is 2.09. The summed E-state index contributed by atoms with van der Waals surface area (Å²) in [6.45, 7) is -0.317. The standard InChI is InChI=1S/C12H16BrNO4/c13-9-1-3-11(4-2-9)18-6-5-12(17)14-10(7-15)8-16/h1-4,10,15-16H,5-8H2,(H,14,17). The zero-order valence-corrected chi connectivity index (χ0v) is 11.4. The molecular weight excluding hydrogens is 302 g/mol. The van der Waals surface area contributed by atoms with Gasteiger partial charge in [-0.25, -0.2) is 0 Å². The number of aliphatic hydroxyl groups is 2. The molecule has 5 nitrogen and oxygen atoms in total. The quantitative estimate of drug-likeness (QED) is 0.691. The van der Waals surface area contributed by atoms with E-state index in [0.717, 1.165) is 4.47 Å². The van der Waals surface area contributed by atoms with Crippen molar-refractivity contribution in [2.45, 2.75) is 12.5 Å². The van der Waals surface area contributed by atoms with Crippen LogP contribution in [0.2, 0.25) is 0 Å². The predicted octanol–water partition coefficient (Wildman–Crippen LogP) is 0.687. The van der Waals surface area contributed by atoms with Crippen molar-refractivity contribution < 1.29 is 19.7 Å². The number of hydrogen-bond donors (Lipinski definition) is 3. The van der Waals surface area contributed by atoms with Crippen molar-refractivity contribution >= 4 is 21.8 Å². The van der Waals surface area contributed by atoms with Crippen molar-refractivity contribution in [3.63, 3.8) is 0 Å². The third kappa shape index (κ3) is 5.48. The molecule has 0 atom stereocenters. The molecule has 0 saturated heterocycles. The third-order valence-corrected chi connectivity index (χ3v) is 2.75. The fraction of sp³-hybridized carbons (Fsp3) is 0.417. The van der Waals surface area contributed by atoms with Crippen molar-refractivity contribution in [1.82, 2.24) is 5.32 Å². The van der Waals surface area contributed by atoms with Crippen LogP contribution in [-0.2, 0) is 4.79 Å². The van der Waals surface area contributed by atoms with Gasteiger partial charge in [0.05, 0.1) is 32.3 Å². The largest absolute Gasteiger partial charge is 0.493 e. The molecule has 100 valence electrons. The van der Waals surface area contributed by atoms with Crippen LogP contribution in [0.15, 0.2) is 28.7 Å². The number of carbonyl (C=O) groups is 1. The molecule has 18 heavy (non-hydrogen) atoms. The molecule has 1 aromatic rings. The monoisotopic (exact) mass is 317 g/mol. The van der Waals surface area contributed by atoms with Crippen molar-refractivity contribution in [1.29, 1.82) is 0 Å². The Bertz CT molecular complexity index is 365. The zero-order chi connectivity index (χ0) is 13.4. The van der Waals surface area contributed by atoms with E-state index in [9.17, 15) is 4.79 Å². The second-order valence-corrected chi connectivity index (χ2v) is 4.60. The van der Waals surface area contributed by atoms with Crippen molar-refractivity contribution in [3.8, 4) is 5.75 Å². The minimum absolute atomic E-state index is 0.173. The lowest BCUT2D eigenvalue weighted by Gasteiger charge is -2.13. The molecule has 0 bridgehead atoms. The summed E-state index contributed by atoms with van der Waals surface area (Å²) in [5, 5.41) is 20.1. The average Bonchev–Trinajstić information content (AvgIpc) is 2.38. The summed E-state index contributed by atoms with van der Waals surface area (Å²) in [5.41, 5.74) is 0. The van der Waals surface area contributed by atoms with Gasteiger partial charge in [-0.15, -0.1) is 0 Å². The lowest BCUT2D eigenvalue weighted by atomic mass is 10.3. The van der Waals surface area contributed by atoms with Gasteiger partial charge in [-0.3, -0.25) is 4.79 Å². The lowest BCUT2D eigenvalue weighted by Crippen LogP contribution is -2.40. The van der Waals surface area contributed by atoms with E-state index in [4.69, 9.17) is 14.9 Å². The molecular formula is C12H16BrNO4. The molecule has 0 aliphatic carbocycles. The smallest absolute Gasteiger partial charge is 0.223 e. The Hall–Kier alpha value is -1.11. The summed E-state index contributed by atoms with van der Waals surface area (Å²) >= 11 is 3.31. The number of amides is 1. The molecule has 1 rings (SSSR count). The molecule has 0 heterocycles. The van der Waals surface area contributed by atoms with Gasteiger partial charge in [0, 0.05) is 4.47 Å². The predicted molar refractivity (Wildman–Crippen MR) is 70.4 cm³/mol. The van der Waals surface area contributed by atoms with Gasteiger partial charge in [-0.1, -0.05) is 15.9 Å². The molecule has 6 heteroatoms. The van der Waals surface area contributed by atoms with Crippen LogP contribution in [0.5, 0.6) is 5.75 Å². The number of benzene rings is 1. The summed E-state index contributed by atoms with van der Waals surface area (Å²) in [7, 11) is 0. The molecule has 0 unspecified atom stereocenters. The molecule has 0 radical (unpaired) electrons. The minimum atomic E-state index is -0.606. The van der Waals surface area contributed by atoms with Crippen LogP contribution >= 0.6 is 15.9 Å². The van der Waals surface area contributed by atoms with Gasteiger partial charge in [-0.05, 0) is 24.3 Å².